The van der Waals surface area contributed by atoms with Crippen LogP contribution in [-0.2, 0) is 16.0 Å². The highest BCUT2D eigenvalue weighted by Crippen LogP contribution is 2.31. The van der Waals surface area contributed by atoms with Gasteiger partial charge in [0, 0.05) is 0 Å². The Hall–Kier alpha value is -3.02. The van der Waals surface area contributed by atoms with Crippen LogP contribution in [0.5, 0.6) is 11.5 Å². The van der Waals surface area contributed by atoms with Gasteiger partial charge in [-0.3, -0.25) is 4.79 Å². The largest absolute Gasteiger partial charge is 0.497 e. The summed E-state index contributed by atoms with van der Waals surface area (Å²) in [7, 11) is 1.58. The molecular weight excluding hydrogens is 322 g/mol. The van der Waals surface area contributed by atoms with Gasteiger partial charge in [-0.2, -0.15) is 0 Å². The normalized spacial score (nSPS) is 16.9. The second-order valence-corrected chi connectivity index (χ2v) is 5.88. The first kappa shape index (κ1) is 16.8. The smallest absolute Gasteiger partial charge is 0.330 e. The summed E-state index contributed by atoms with van der Waals surface area (Å²) >= 11 is 0. The minimum Gasteiger partial charge on any atom is -0.497 e. The molecule has 2 atom stereocenters. The van der Waals surface area contributed by atoms with Crippen LogP contribution in [-0.4, -0.2) is 30.7 Å². The molecule has 0 bridgehead atoms. The molecule has 1 unspecified atom stereocenters. The lowest BCUT2D eigenvalue weighted by Gasteiger charge is -2.26. The van der Waals surface area contributed by atoms with Crippen LogP contribution in [0.1, 0.15) is 17.2 Å². The van der Waals surface area contributed by atoms with E-state index in [4.69, 9.17) is 9.47 Å². The standard InChI is InChI=1S/C19H19NO5/c1-24-15-7-8-16-13(10-15)9-14(11-25-16)18(21)20-17(19(22)23)12-5-3-2-4-6-12/h2-8,10,14,17H,9,11H2,1H3,(H,20,21)(H,22,23)/t14?,17-/m0/s1. The number of carbonyl (C=O) groups excluding carboxylic acids is 1. The van der Waals surface area contributed by atoms with Crippen molar-refractivity contribution in [2.75, 3.05) is 13.7 Å². The van der Waals surface area contributed by atoms with Crippen LogP contribution >= 0.6 is 0 Å². The van der Waals surface area contributed by atoms with Crippen LogP contribution in [0, 0.1) is 5.92 Å². The number of ether oxygens (including phenoxy) is 2. The maximum Gasteiger partial charge on any atom is 0.330 e. The van der Waals surface area contributed by atoms with Gasteiger partial charge in [-0.25, -0.2) is 4.79 Å². The SMILES string of the molecule is COc1ccc2c(c1)CC(C(=O)N[C@H](C(=O)O)c1ccccc1)CO2. The first-order valence-electron chi connectivity index (χ1n) is 7.96. The van der Waals surface area contributed by atoms with E-state index in [0.29, 0.717) is 17.7 Å². The van der Waals surface area contributed by atoms with Crippen LogP contribution in [0.25, 0.3) is 0 Å². The van der Waals surface area contributed by atoms with Gasteiger partial charge in [-0.15, -0.1) is 0 Å². The van der Waals surface area contributed by atoms with E-state index in [0.717, 1.165) is 11.3 Å². The molecular formula is C19H19NO5. The van der Waals surface area contributed by atoms with Crippen molar-refractivity contribution in [2.24, 2.45) is 5.92 Å². The molecule has 2 aromatic carbocycles. The zero-order chi connectivity index (χ0) is 17.8. The van der Waals surface area contributed by atoms with Gasteiger partial charge in [0.05, 0.1) is 13.0 Å². The summed E-state index contributed by atoms with van der Waals surface area (Å²) < 4.78 is 10.8. The number of carboxylic acids is 1. The van der Waals surface area contributed by atoms with Crippen molar-refractivity contribution in [2.45, 2.75) is 12.5 Å². The molecule has 130 valence electrons. The summed E-state index contributed by atoms with van der Waals surface area (Å²) in [5.41, 5.74) is 1.40. The minimum atomic E-state index is -1.10. The van der Waals surface area contributed by atoms with Gasteiger partial charge >= 0.3 is 5.97 Å². The summed E-state index contributed by atoms with van der Waals surface area (Å²) in [4.78, 5) is 24.1. The molecule has 0 fully saturated rings. The Morgan fingerprint density at radius 2 is 2.00 bits per heavy atom. The second-order valence-electron chi connectivity index (χ2n) is 5.88. The predicted molar refractivity (Wildman–Crippen MR) is 90.6 cm³/mol. The van der Waals surface area contributed by atoms with Crippen LogP contribution in [0.4, 0.5) is 0 Å². The fourth-order valence-electron chi connectivity index (χ4n) is 2.86. The summed E-state index contributed by atoms with van der Waals surface area (Å²) in [5, 5.41) is 12.0. The Balaban J connectivity index is 1.73. The third-order valence-corrected chi connectivity index (χ3v) is 4.21. The molecule has 2 aromatic rings. The lowest BCUT2D eigenvalue weighted by atomic mass is 9.95. The lowest BCUT2D eigenvalue weighted by Crippen LogP contribution is -2.41. The number of fused-ring (bicyclic) bond motifs is 1. The summed E-state index contributed by atoms with van der Waals surface area (Å²) in [6, 6.07) is 13.0. The van der Waals surface area contributed by atoms with E-state index in [1.54, 1.807) is 43.5 Å². The molecule has 1 aliphatic rings. The number of methoxy groups -OCH3 is 1. The Morgan fingerprint density at radius 3 is 2.68 bits per heavy atom. The first-order valence-corrected chi connectivity index (χ1v) is 7.96. The van der Waals surface area contributed by atoms with E-state index < -0.39 is 17.9 Å². The minimum absolute atomic E-state index is 0.215. The Kier molecular flexibility index (Phi) is 4.88. The van der Waals surface area contributed by atoms with E-state index >= 15 is 0 Å². The number of rotatable bonds is 5. The Bertz CT molecular complexity index is 775. The third-order valence-electron chi connectivity index (χ3n) is 4.21. The summed E-state index contributed by atoms with van der Waals surface area (Å²) in [6.07, 6.45) is 0.472. The van der Waals surface area contributed by atoms with Gasteiger partial charge in [-0.1, -0.05) is 30.3 Å². The zero-order valence-corrected chi connectivity index (χ0v) is 13.8. The molecule has 1 amide bonds. The van der Waals surface area contributed by atoms with Crippen LogP contribution in [0.2, 0.25) is 0 Å². The maximum absolute atomic E-state index is 12.6. The molecule has 0 saturated heterocycles. The molecule has 1 aliphatic heterocycles. The number of hydrogen-bond acceptors (Lipinski definition) is 4. The summed E-state index contributed by atoms with van der Waals surface area (Å²) in [5.74, 6) is -0.480. The van der Waals surface area contributed by atoms with Crippen LogP contribution < -0.4 is 14.8 Å². The number of carboxylic acid groups (broad SMARTS) is 1. The molecule has 1 heterocycles. The predicted octanol–water partition coefficient (Wildman–Crippen LogP) is 2.19. The van der Waals surface area contributed by atoms with Gasteiger partial charge in [0.25, 0.3) is 0 Å². The number of hydrogen-bond donors (Lipinski definition) is 2. The molecule has 0 radical (unpaired) electrons. The number of carbonyl (C=O) groups is 2. The average molecular weight is 341 g/mol. The fourth-order valence-corrected chi connectivity index (χ4v) is 2.86. The average Bonchev–Trinajstić information content (AvgIpc) is 2.65. The van der Waals surface area contributed by atoms with Crippen molar-refractivity contribution in [1.29, 1.82) is 0 Å². The van der Waals surface area contributed by atoms with Crippen molar-refractivity contribution in [3.8, 4) is 11.5 Å². The molecule has 25 heavy (non-hydrogen) atoms. The molecule has 6 heteroatoms. The van der Waals surface area contributed by atoms with Gasteiger partial charge < -0.3 is 19.9 Å². The third kappa shape index (κ3) is 3.74. The van der Waals surface area contributed by atoms with E-state index in [1.165, 1.54) is 0 Å². The van der Waals surface area contributed by atoms with E-state index in [1.807, 2.05) is 12.1 Å². The maximum atomic E-state index is 12.6. The first-order chi connectivity index (χ1) is 12.1. The van der Waals surface area contributed by atoms with Crippen LogP contribution in [0.3, 0.4) is 0 Å². The van der Waals surface area contributed by atoms with Gasteiger partial charge in [-0.05, 0) is 35.7 Å². The number of aliphatic carboxylic acids is 1. The number of benzene rings is 2. The van der Waals surface area contributed by atoms with Gasteiger partial charge in [0.2, 0.25) is 5.91 Å². The van der Waals surface area contributed by atoms with Gasteiger partial charge in [0.1, 0.15) is 18.1 Å². The highest BCUT2D eigenvalue weighted by molar-refractivity contribution is 5.86. The highest BCUT2D eigenvalue weighted by atomic mass is 16.5. The van der Waals surface area contributed by atoms with E-state index in [-0.39, 0.29) is 12.5 Å². The topological polar surface area (TPSA) is 84.9 Å². The summed E-state index contributed by atoms with van der Waals surface area (Å²) in [6.45, 7) is 0.215. The van der Waals surface area contributed by atoms with Crippen molar-refractivity contribution in [3.05, 3.63) is 59.7 Å². The second kappa shape index (κ2) is 7.25. The van der Waals surface area contributed by atoms with E-state index in [9.17, 15) is 14.7 Å². The molecule has 2 N–H and O–H groups in total. The molecule has 6 nitrogen and oxygen atoms in total. The van der Waals surface area contributed by atoms with Crippen molar-refractivity contribution in [1.82, 2.24) is 5.32 Å². The van der Waals surface area contributed by atoms with Crippen molar-refractivity contribution in [3.63, 3.8) is 0 Å². The van der Waals surface area contributed by atoms with Crippen molar-refractivity contribution >= 4 is 11.9 Å². The van der Waals surface area contributed by atoms with Gasteiger partial charge in [0.15, 0.2) is 6.04 Å². The Morgan fingerprint density at radius 1 is 1.24 bits per heavy atom. The fraction of sp³-hybridized carbons (Fsp3) is 0.263. The van der Waals surface area contributed by atoms with E-state index in [2.05, 4.69) is 5.32 Å². The Labute approximate surface area is 145 Å². The lowest BCUT2D eigenvalue weighted by molar-refractivity contribution is -0.143. The quantitative estimate of drug-likeness (QED) is 0.871. The molecule has 0 spiro atoms. The molecule has 0 aromatic heterocycles. The zero-order valence-electron chi connectivity index (χ0n) is 13.8. The monoisotopic (exact) mass is 341 g/mol. The molecule has 0 aliphatic carbocycles. The molecule has 3 rings (SSSR count). The highest BCUT2D eigenvalue weighted by Gasteiger charge is 2.30. The molecule has 0 saturated carbocycles. The van der Waals surface area contributed by atoms with Crippen LogP contribution in [0.15, 0.2) is 48.5 Å². The number of amides is 1. The number of nitrogens with one attached hydrogen (secondary N) is 1. The van der Waals surface area contributed by atoms with Crippen molar-refractivity contribution < 1.29 is 24.2 Å².